The minimum absolute atomic E-state index is 0.0343. The normalized spacial score (nSPS) is 14.9. The molecule has 1 saturated heterocycles. The first-order valence-corrected chi connectivity index (χ1v) is 9.88. The third-order valence-electron chi connectivity index (χ3n) is 4.23. The van der Waals surface area contributed by atoms with Crippen molar-refractivity contribution in [1.82, 2.24) is 4.90 Å². The van der Waals surface area contributed by atoms with Crippen LogP contribution < -0.4 is 4.90 Å². The Morgan fingerprint density at radius 2 is 1.93 bits per heavy atom. The molecule has 9 heteroatoms. The number of halogens is 1. The summed E-state index contributed by atoms with van der Waals surface area (Å²) in [5.41, 5.74) is 1.15. The van der Waals surface area contributed by atoms with E-state index in [0.717, 1.165) is 17.7 Å². The fraction of sp³-hybridized carbons (Fsp3) is 0.632. The molecule has 1 fully saturated rings. The van der Waals surface area contributed by atoms with Gasteiger partial charge in [0, 0.05) is 62.0 Å². The fourth-order valence-corrected chi connectivity index (χ4v) is 3.01. The largest absolute Gasteiger partial charge is 0.444 e. The number of nitro groups is 1. The molecule has 0 unspecified atom stereocenters. The molecular weight excluding hydrogens is 386 g/mol. The Kier molecular flexibility index (Phi) is 7.88. The summed E-state index contributed by atoms with van der Waals surface area (Å²) in [5.74, 6) is 0.508. The highest BCUT2D eigenvalue weighted by Gasteiger charge is 2.27. The van der Waals surface area contributed by atoms with E-state index < -0.39 is 10.5 Å². The van der Waals surface area contributed by atoms with Gasteiger partial charge in [0.2, 0.25) is 0 Å². The molecule has 1 aromatic rings. The van der Waals surface area contributed by atoms with Crippen LogP contribution in [0.1, 0.15) is 32.8 Å². The molecule has 0 N–H and O–H groups in total. The third-order valence-corrected chi connectivity index (χ3v) is 4.49. The molecule has 0 aromatic heterocycles. The summed E-state index contributed by atoms with van der Waals surface area (Å²) in [6.45, 7) is 8.59. The number of anilines is 1. The number of hydrogen-bond donors (Lipinski definition) is 0. The molecule has 0 saturated carbocycles. The van der Waals surface area contributed by atoms with Gasteiger partial charge < -0.3 is 19.3 Å². The molecule has 1 amide bonds. The lowest BCUT2D eigenvalue weighted by molar-refractivity contribution is -0.384. The van der Waals surface area contributed by atoms with E-state index in [0.29, 0.717) is 38.7 Å². The minimum Gasteiger partial charge on any atom is -0.444 e. The predicted molar refractivity (Wildman–Crippen MR) is 108 cm³/mol. The number of carbonyl (C=O) groups is 1. The van der Waals surface area contributed by atoms with E-state index in [1.807, 2.05) is 20.8 Å². The van der Waals surface area contributed by atoms with Crippen molar-refractivity contribution in [3.8, 4) is 0 Å². The Labute approximate surface area is 170 Å². The van der Waals surface area contributed by atoms with Gasteiger partial charge in [0.05, 0.1) is 11.5 Å². The van der Waals surface area contributed by atoms with Crippen LogP contribution in [0.5, 0.6) is 0 Å². The van der Waals surface area contributed by atoms with Crippen LogP contribution in [0.3, 0.4) is 0 Å². The standard InChI is InChI=1S/C19H28ClN3O5/c1-19(2,3)28-18(24)22-10-8-21(9-11-22)17-6-5-16(23(25)26)13-15(17)14-27-12-4-7-20/h5-6,13H,4,7-12,14H2,1-3H3. The molecule has 156 valence electrons. The highest BCUT2D eigenvalue weighted by Crippen LogP contribution is 2.27. The van der Waals surface area contributed by atoms with Gasteiger partial charge >= 0.3 is 6.09 Å². The van der Waals surface area contributed by atoms with E-state index in [1.165, 1.54) is 6.07 Å². The van der Waals surface area contributed by atoms with Gasteiger partial charge in [-0.2, -0.15) is 0 Å². The van der Waals surface area contributed by atoms with Crippen molar-refractivity contribution < 1.29 is 19.2 Å². The van der Waals surface area contributed by atoms with Crippen molar-refractivity contribution in [2.24, 2.45) is 0 Å². The first-order chi connectivity index (χ1) is 13.2. The topological polar surface area (TPSA) is 85.2 Å². The van der Waals surface area contributed by atoms with Crippen molar-refractivity contribution in [1.29, 1.82) is 0 Å². The highest BCUT2D eigenvalue weighted by molar-refractivity contribution is 6.17. The van der Waals surface area contributed by atoms with Crippen molar-refractivity contribution in [2.45, 2.75) is 39.4 Å². The zero-order valence-corrected chi connectivity index (χ0v) is 17.4. The van der Waals surface area contributed by atoms with Crippen LogP contribution in [-0.2, 0) is 16.1 Å². The number of nitro benzene ring substituents is 1. The minimum atomic E-state index is -0.528. The van der Waals surface area contributed by atoms with E-state index in [4.69, 9.17) is 21.1 Å². The number of benzene rings is 1. The van der Waals surface area contributed by atoms with Gasteiger partial charge in [0.15, 0.2) is 0 Å². The number of amides is 1. The monoisotopic (exact) mass is 413 g/mol. The lowest BCUT2D eigenvalue weighted by atomic mass is 10.1. The van der Waals surface area contributed by atoms with Crippen LogP contribution >= 0.6 is 11.6 Å². The predicted octanol–water partition coefficient (Wildman–Crippen LogP) is 3.80. The Hall–Kier alpha value is -2.06. The maximum Gasteiger partial charge on any atom is 0.410 e. The lowest BCUT2D eigenvalue weighted by Gasteiger charge is -2.37. The fourth-order valence-electron chi connectivity index (χ4n) is 2.90. The van der Waals surface area contributed by atoms with Gasteiger partial charge in [-0.3, -0.25) is 10.1 Å². The molecule has 8 nitrogen and oxygen atoms in total. The second kappa shape index (κ2) is 9.93. The maximum atomic E-state index is 12.2. The van der Waals surface area contributed by atoms with Crippen molar-refractivity contribution in [2.75, 3.05) is 43.6 Å². The zero-order chi connectivity index (χ0) is 20.7. The average Bonchev–Trinajstić information content (AvgIpc) is 2.64. The molecule has 0 bridgehead atoms. The molecule has 0 atom stereocenters. The summed E-state index contributed by atoms with van der Waals surface area (Å²) in [4.78, 5) is 26.7. The van der Waals surface area contributed by atoms with E-state index in [2.05, 4.69) is 4.90 Å². The number of rotatable bonds is 7. The molecule has 2 rings (SSSR count). The Morgan fingerprint density at radius 3 is 2.50 bits per heavy atom. The molecule has 1 heterocycles. The number of ether oxygens (including phenoxy) is 2. The molecule has 0 spiro atoms. The summed E-state index contributed by atoms with van der Waals surface area (Å²) in [7, 11) is 0. The number of piperazine rings is 1. The first kappa shape index (κ1) is 22.2. The number of alkyl halides is 1. The molecule has 1 aliphatic heterocycles. The van der Waals surface area contributed by atoms with Gasteiger partial charge in [-0.1, -0.05) is 0 Å². The SMILES string of the molecule is CC(C)(C)OC(=O)N1CCN(c2ccc([N+](=O)[O-])cc2COCCCCl)CC1. The molecule has 0 aliphatic carbocycles. The number of carbonyl (C=O) groups excluding carboxylic acids is 1. The Morgan fingerprint density at radius 1 is 1.25 bits per heavy atom. The van der Waals surface area contributed by atoms with Crippen LogP contribution in [0.4, 0.5) is 16.2 Å². The molecule has 28 heavy (non-hydrogen) atoms. The Bertz CT molecular complexity index is 685. The third kappa shape index (κ3) is 6.53. The van der Waals surface area contributed by atoms with Crippen molar-refractivity contribution in [3.63, 3.8) is 0 Å². The van der Waals surface area contributed by atoms with Crippen LogP contribution in [0.25, 0.3) is 0 Å². The van der Waals surface area contributed by atoms with Crippen LogP contribution in [0, 0.1) is 10.1 Å². The van der Waals surface area contributed by atoms with Gasteiger partial charge in [-0.05, 0) is 33.3 Å². The van der Waals surface area contributed by atoms with Crippen LogP contribution in [0.2, 0.25) is 0 Å². The molecular formula is C19H28ClN3O5. The van der Waals surface area contributed by atoms with Gasteiger partial charge in [0.25, 0.3) is 5.69 Å². The lowest BCUT2D eigenvalue weighted by Crippen LogP contribution is -2.50. The number of nitrogens with zero attached hydrogens (tertiary/aromatic N) is 3. The number of hydrogen-bond acceptors (Lipinski definition) is 6. The van der Waals surface area contributed by atoms with Crippen molar-refractivity contribution >= 4 is 29.1 Å². The number of non-ortho nitro benzene ring substituents is 1. The molecule has 1 aliphatic rings. The molecule has 1 aromatic carbocycles. The summed E-state index contributed by atoms with van der Waals surface area (Å²) >= 11 is 5.66. The summed E-state index contributed by atoms with van der Waals surface area (Å²) in [6.07, 6.45) is 0.404. The zero-order valence-electron chi connectivity index (χ0n) is 16.6. The average molecular weight is 414 g/mol. The summed E-state index contributed by atoms with van der Waals surface area (Å²) in [6, 6.07) is 4.80. The van der Waals surface area contributed by atoms with E-state index >= 15 is 0 Å². The van der Waals surface area contributed by atoms with E-state index in [1.54, 1.807) is 17.0 Å². The van der Waals surface area contributed by atoms with Gasteiger partial charge in [-0.15, -0.1) is 11.6 Å². The molecule has 0 radical (unpaired) electrons. The second-order valence-electron chi connectivity index (χ2n) is 7.62. The smallest absolute Gasteiger partial charge is 0.410 e. The van der Waals surface area contributed by atoms with Crippen LogP contribution in [0.15, 0.2) is 18.2 Å². The second-order valence-corrected chi connectivity index (χ2v) is 8.00. The Balaban J connectivity index is 2.06. The summed E-state index contributed by atoms with van der Waals surface area (Å²) < 4.78 is 11.0. The highest BCUT2D eigenvalue weighted by atomic mass is 35.5. The maximum absolute atomic E-state index is 12.2. The van der Waals surface area contributed by atoms with E-state index in [9.17, 15) is 14.9 Å². The van der Waals surface area contributed by atoms with Gasteiger partial charge in [-0.25, -0.2) is 4.79 Å². The van der Waals surface area contributed by atoms with Crippen LogP contribution in [-0.4, -0.2) is 60.2 Å². The van der Waals surface area contributed by atoms with Gasteiger partial charge in [0.1, 0.15) is 5.60 Å². The quantitative estimate of drug-likeness (QED) is 0.292. The summed E-state index contributed by atoms with van der Waals surface area (Å²) in [5, 5.41) is 11.1. The van der Waals surface area contributed by atoms with Crippen molar-refractivity contribution in [3.05, 3.63) is 33.9 Å². The van der Waals surface area contributed by atoms with E-state index in [-0.39, 0.29) is 18.4 Å². The first-order valence-electron chi connectivity index (χ1n) is 9.35.